The third-order valence-electron chi connectivity index (χ3n) is 2.55. The quantitative estimate of drug-likeness (QED) is 0.884. The van der Waals surface area contributed by atoms with Gasteiger partial charge in [0, 0.05) is 29.2 Å². The van der Waals surface area contributed by atoms with Crippen molar-refractivity contribution in [2.75, 3.05) is 11.1 Å². The fourth-order valence-corrected chi connectivity index (χ4v) is 2.37. The number of halogens is 1. The van der Waals surface area contributed by atoms with Gasteiger partial charge in [-0.2, -0.15) is 0 Å². The third-order valence-corrected chi connectivity index (χ3v) is 3.82. The lowest BCUT2D eigenvalue weighted by atomic mass is 10.4. The highest BCUT2D eigenvalue weighted by atomic mass is 35.5. The van der Waals surface area contributed by atoms with Crippen LogP contribution in [0.15, 0.2) is 52.3 Å². The van der Waals surface area contributed by atoms with E-state index in [1.54, 1.807) is 31.4 Å². The number of aromatic nitrogens is 1. The summed E-state index contributed by atoms with van der Waals surface area (Å²) in [5, 5.41) is 3.42. The van der Waals surface area contributed by atoms with Crippen LogP contribution in [-0.4, -0.2) is 16.2 Å². The normalized spacial score (nSPS) is 10.3. The number of anilines is 1. The van der Waals surface area contributed by atoms with Crippen LogP contribution >= 0.6 is 23.4 Å². The van der Waals surface area contributed by atoms with Crippen LogP contribution in [0.3, 0.4) is 0 Å². The summed E-state index contributed by atoms with van der Waals surface area (Å²) in [6, 6.07) is 10.3. The number of hydrogen-bond donors (Lipinski definition) is 1. The van der Waals surface area contributed by atoms with Gasteiger partial charge >= 0.3 is 0 Å². The summed E-state index contributed by atoms with van der Waals surface area (Å²) in [4.78, 5) is 24.0. The number of pyridine rings is 1. The van der Waals surface area contributed by atoms with Gasteiger partial charge in [-0.3, -0.25) is 9.59 Å². The maximum Gasteiger partial charge on any atom is 0.250 e. The summed E-state index contributed by atoms with van der Waals surface area (Å²) < 4.78 is 1.42. The van der Waals surface area contributed by atoms with Crippen molar-refractivity contribution < 1.29 is 4.79 Å². The van der Waals surface area contributed by atoms with E-state index in [1.165, 1.54) is 22.4 Å². The highest BCUT2D eigenvalue weighted by Crippen LogP contribution is 2.20. The number of nitrogens with zero attached hydrogens (tertiary/aromatic N) is 1. The summed E-state index contributed by atoms with van der Waals surface area (Å²) >= 11 is 7.22. The van der Waals surface area contributed by atoms with Gasteiger partial charge in [0.15, 0.2) is 0 Å². The number of rotatable bonds is 4. The number of thioether (sulfide) groups is 1. The number of carbonyl (C=O) groups excluding carboxylic acids is 1. The van der Waals surface area contributed by atoms with Crippen LogP contribution in [0.4, 0.5) is 5.69 Å². The molecule has 0 fully saturated rings. The van der Waals surface area contributed by atoms with E-state index in [-0.39, 0.29) is 11.5 Å². The Bertz CT molecular complexity index is 668. The summed E-state index contributed by atoms with van der Waals surface area (Å²) in [6.45, 7) is 0. The van der Waals surface area contributed by atoms with Crippen molar-refractivity contribution in [1.29, 1.82) is 0 Å². The van der Waals surface area contributed by atoms with E-state index in [9.17, 15) is 9.59 Å². The van der Waals surface area contributed by atoms with Crippen LogP contribution in [0.25, 0.3) is 0 Å². The molecule has 1 amide bonds. The molecule has 0 aliphatic carbocycles. The van der Waals surface area contributed by atoms with Gasteiger partial charge in [-0.25, -0.2) is 0 Å². The minimum atomic E-state index is -0.122. The Hall–Kier alpha value is -1.72. The van der Waals surface area contributed by atoms with Crippen LogP contribution < -0.4 is 10.9 Å². The molecule has 0 bridgehead atoms. The molecule has 0 atom stereocenters. The van der Waals surface area contributed by atoms with E-state index in [2.05, 4.69) is 5.32 Å². The van der Waals surface area contributed by atoms with Gasteiger partial charge in [0.1, 0.15) is 0 Å². The molecule has 20 heavy (non-hydrogen) atoms. The van der Waals surface area contributed by atoms with Gasteiger partial charge in [-0.05, 0) is 30.3 Å². The molecule has 1 N–H and O–H groups in total. The summed E-state index contributed by atoms with van der Waals surface area (Å²) in [7, 11) is 1.64. The van der Waals surface area contributed by atoms with Gasteiger partial charge in [-0.15, -0.1) is 11.8 Å². The topological polar surface area (TPSA) is 51.1 Å². The minimum absolute atomic E-state index is 0.112. The molecule has 0 saturated carbocycles. The van der Waals surface area contributed by atoms with Gasteiger partial charge in [0.25, 0.3) is 0 Å². The Labute approximate surface area is 125 Å². The Balaban J connectivity index is 1.90. The molecule has 0 aliphatic heterocycles. The van der Waals surface area contributed by atoms with Crippen molar-refractivity contribution in [3.63, 3.8) is 0 Å². The highest BCUT2D eigenvalue weighted by molar-refractivity contribution is 8.00. The van der Waals surface area contributed by atoms with E-state index in [1.807, 2.05) is 12.1 Å². The maximum atomic E-state index is 11.8. The largest absolute Gasteiger partial charge is 0.324 e. The molecule has 1 aromatic heterocycles. The van der Waals surface area contributed by atoms with E-state index in [0.717, 1.165) is 4.90 Å². The number of benzene rings is 1. The van der Waals surface area contributed by atoms with E-state index >= 15 is 0 Å². The second-order valence-electron chi connectivity index (χ2n) is 4.16. The van der Waals surface area contributed by atoms with Crippen LogP contribution in [0.5, 0.6) is 0 Å². The molecule has 0 saturated heterocycles. The molecule has 4 nitrogen and oxygen atoms in total. The zero-order chi connectivity index (χ0) is 14.5. The molecule has 1 aromatic carbocycles. The first-order valence-electron chi connectivity index (χ1n) is 5.89. The van der Waals surface area contributed by atoms with Crippen LogP contribution in [-0.2, 0) is 11.8 Å². The third kappa shape index (κ3) is 4.15. The minimum Gasteiger partial charge on any atom is -0.324 e. The summed E-state index contributed by atoms with van der Waals surface area (Å²) in [5.74, 6) is 0.174. The molecule has 0 aliphatic rings. The predicted molar refractivity (Wildman–Crippen MR) is 82.5 cm³/mol. The predicted octanol–water partition coefficient (Wildman–Crippen LogP) is 2.77. The van der Waals surface area contributed by atoms with Crippen LogP contribution in [0, 0.1) is 0 Å². The van der Waals surface area contributed by atoms with Crippen molar-refractivity contribution in [3.8, 4) is 0 Å². The Morgan fingerprint density at radius 3 is 2.60 bits per heavy atom. The molecule has 104 valence electrons. The van der Waals surface area contributed by atoms with Crippen molar-refractivity contribution in [2.24, 2.45) is 7.05 Å². The first-order chi connectivity index (χ1) is 9.54. The molecule has 6 heteroatoms. The van der Waals surface area contributed by atoms with Crippen molar-refractivity contribution >= 4 is 35.0 Å². The zero-order valence-corrected chi connectivity index (χ0v) is 12.4. The van der Waals surface area contributed by atoms with E-state index in [4.69, 9.17) is 11.6 Å². The standard InChI is InChI=1S/C14H13ClN2O2S/c1-17-8-11(4-7-14(17)19)16-13(18)9-20-12-5-2-10(15)3-6-12/h2-8H,9H2,1H3,(H,16,18). The van der Waals surface area contributed by atoms with Crippen LogP contribution in [0.2, 0.25) is 5.02 Å². The lowest BCUT2D eigenvalue weighted by Gasteiger charge is -2.06. The first-order valence-corrected chi connectivity index (χ1v) is 7.26. The second-order valence-corrected chi connectivity index (χ2v) is 5.64. The van der Waals surface area contributed by atoms with Crippen molar-refractivity contribution in [3.05, 3.63) is 58.0 Å². The van der Waals surface area contributed by atoms with E-state index in [0.29, 0.717) is 16.5 Å². The van der Waals surface area contributed by atoms with Gasteiger partial charge in [0.2, 0.25) is 11.5 Å². The number of amides is 1. The molecule has 1 heterocycles. The lowest BCUT2D eigenvalue weighted by molar-refractivity contribution is -0.113. The van der Waals surface area contributed by atoms with Crippen molar-refractivity contribution in [2.45, 2.75) is 4.90 Å². The van der Waals surface area contributed by atoms with Gasteiger partial charge in [-0.1, -0.05) is 11.6 Å². The summed E-state index contributed by atoms with van der Waals surface area (Å²) in [5.41, 5.74) is 0.493. The average Bonchev–Trinajstić information content (AvgIpc) is 2.42. The average molecular weight is 309 g/mol. The second kappa shape index (κ2) is 6.63. The number of nitrogens with one attached hydrogen (secondary N) is 1. The smallest absolute Gasteiger partial charge is 0.250 e. The molecule has 0 radical (unpaired) electrons. The van der Waals surface area contributed by atoms with Gasteiger partial charge in [0.05, 0.1) is 11.4 Å². The molecule has 2 aromatic rings. The lowest BCUT2D eigenvalue weighted by Crippen LogP contribution is -2.18. The van der Waals surface area contributed by atoms with Gasteiger partial charge < -0.3 is 9.88 Å². The summed E-state index contributed by atoms with van der Waals surface area (Å²) in [6.07, 6.45) is 1.59. The number of hydrogen-bond acceptors (Lipinski definition) is 3. The monoisotopic (exact) mass is 308 g/mol. The number of carbonyl (C=O) groups is 1. The SMILES string of the molecule is Cn1cc(NC(=O)CSc2ccc(Cl)cc2)ccc1=O. The Morgan fingerprint density at radius 2 is 1.95 bits per heavy atom. The van der Waals surface area contributed by atoms with Crippen LogP contribution in [0.1, 0.15) is 0 Å². The zero-order valence-electron chi connectivity index (χ0n) is 10.8. The fraction of sp³-hybridized carbons (Fsp3) is 0.143. The molecule has 2 rings (SSSR count). The fourth-order valence-electron chi connectivity index (χ4n) is 1.54. The maximum absolute atomic E-state index is 11.8. The first kappa shape index (κ1) is 14.7. The molecular weight excluding hydrogens is 296 g/mol. The Kier molecular flexibility index (Phi) is 4.87. The molecular formula is C14H13ClN2O2S. The number of aryl methyl sites for hydroxylation is 1. The van der Waals surface area contributed by atoms with E-state index < -0.39 is 0 Å². The molecule has 0 spiro atoms. The highest BCUT2D eigenvalue weighted by Gasteiger charge is 2.04. The molecule has 0 unspecified atom stereocenters. The van der Waals surface area contributed by atoms with Crippen molar-refractivity contribution in [1.82, 2.24) is 4.57 Å². The Morgan fingerprint density at radius 1 is 1.25 bits per heavy atom.